The van der Waals surface area contributed by atoms with Crippen LogP contribution in [-0.2, 0) is 11.3 Å². The third kappa shape index (κ3) is 6.16. The van der Waals surface area contributed by atoms with E-state index in [1.54, 1.807) is 22.8 Å². The van der Waals surface area contributed by atoms with Crippen LogP contribution in [0.5, 0.6) is 0 Å². The van der Waals surface area contributed by atoms with E-state index in [4.69, 9.17) is 16.6 Å². The van der Waals surface area contributed by atoms with Crippen molar-refractivity contribution in [3.05, 3.63) is 63.4 Å². The number of carbonyl (C=O) groups is 1. The minimum atomic E-state index is -0.453. The number of halogens is 1. The van der Waals surface area contributed by atoms with Crippen molar-refractivity contribution in [1.29, 1.82) is 0 Å². The SMILES string of the molecule is CCN(CC)CCCn1c(S[C@H](C)C(=O)Nc2cccc(Cl)c2C)nc2ccccc2c1=O. The van der Waals surface area contributed by atoms with Gasteiger partial charge in [-0.2, -0.15) is 0 Å². The number of thioether (sulfide) groups is 1. The van der Waals surface area contributed by atoms with Gasteiger partial charge in [0.2, 0.25) is 5.91 Å². The Morgan fingerprint density at radius 2 is 1.91 bits per heavy atom. The van der Waals surface area contributed by atoms with Crippen molar-refractivity contribution in [3.63, 3.8) is 0 Å². The molecule has 0 unspecified atom stereocenters. The maximum atomic E-state index is 13.3. The summed E-state index contributed by atoms with van der Waals surface area (Å²) < 4.78 is 1.71. The average Bonchev–Trinajstić information content (AvgIpc) is 2.81. The summed E-state index contributed by atoms with van der Waals surface area (Å²) in [6.45, 7) is 11.4. The number of fused-ring (bicyclic) bond motifs is 1. The lowest BCUT2D eigenvalue weighted by Gasteiger charge is -2.20. The minimum Gasteiger partial charge on any atom is -0.325 e. The molecule has 176 valence electrons. The lowest BCUT2D eigenvalue weighted by atomic mass is 10.2. The number of rotatable bonds is 10. The minimum absolute atomic E-state index is 0.0686. The largest absolute Gasteiger partial charge is 0.325 e. The summed E-state index contributed by atoms with van der Waals surface area (Å²) in [4.78, 5) is 33.3. The maximum Gasteiger partial charge on any atom is 0.262 e. The number of hydrogen-bond acceptors (Lipinski definition) is 5. The van der Waals surface area contributed by atoms with Crippen LogP contribution in [0.15, 0.2) is 52.4 Å². The third-order valence-corrected chi connectivity index (χ3v) is 7.25. The van der Waals surface area contributed by atoms with Gasteiger partial charge in [0.25, 0.3) is 5.56 Å². The lowest BCUT2D eigenvalue weighted by molar-refractivity contribution is -0.115. The first-order valence-electron chi connectivity index (χ1n) is 11.3. The molecule has 1 aromatic heterocycles. The Kier molecular flexibility index (Phi) is 8.95. The fourth-order valence-corrected chi connectivity index (χ4v) is 4.73. The highest BCUT2D eigenvalue weighted by Gasteiger charge is 2.20. The Morgan fingerprint density at radius 3 is 2.64 bits per heavy atom. The molecule has 1 amide bonds. The first kappa shape index (κ1) is 25.3. The Morgan fingerprint density at radius 1 is 1.18 bits per heavy atom. The smallest absolute Gasteiger partial charge is 0.262 e. The number of amides is 1. The number of benzene rings is 2. The zero-order valence-electron chi connectivity index (χ0n) is 19.6. The van der Waals surface area contributed by atoms with E-state index >= 15 is 0 Å². The van der Waals surface area contributed by atoms with Crippen molar-refractivity contribution in [3.8, 4) is 0 Å². The second-order valence-electron chi connectivity index (χ2n) is 7.91. The van der Waals surface area contributed by atoms with E-state index in [1.165, 1.54) is 11.8 Å². The first-order valence-corrected chi connectivity index (χ1v) is 12.6. The molecule has 0 aliphatic rings. The number of aromatic nitrogens is 2. The van der Waals surface area contributed by atoms with Crippen molar-refractivity contribution in [2.75, 3.05) is 25.0 Å². The summed E-state index contributed by atoms with van der Waals surface area (Å²) in [5.74, 6) is -0.164. The predicted molar refractivity (Wildman–Crippen MR) is 139 cm³/mol. The van der Waals surface area contributed by atoms with E-state index in [0.717, 1.165) is 31.6 Å². The van der Waals surface area contributed by atoms with Gasteiger partial charge in [-0.25, -0.2) is 4.98 Å². The van der Waals surface area contributed by atoms with Gasteiger partial charge in [-0.05, 0) is 69.7 Å². The quantitative estimate of drug-likeness (QED) is 0.315. The number of carbonyl (C=O) groups excluding carboxylic acids is 1. The van der Waals surface area contributed by atoms with Crippen LogP contribution in [0.1, 0.15) is 32.8 Å². The average molecular weight is 487 g/mol. The molecule has 2 aromatic carbocycles. The molecule has 0 aliphatic heterocycles. The van der Waals surface area contributed by atoms with Crippen LogP contribution in [-0.4, -0.2) is 45.2 Å². The van der Waals surface area contributed by atoms with Crippen molar-refractivity contribution in [2.45, 2.75) is 51.1 Å². The van der Waals surface area contributed by atoms with Crippen LogP contribution in [0.2, 0.25) is 5.02 Å². The van der Waals surface area contributed by atoms with Crippen LogP contribution in [0.4, 0.5) is 5.69 Å². The molecule has 0 aliphatic carbocycles. The molecule has 6 nitrogen and oxygen atoms in total. The molecule has 0 radical (unpaired) electrons. The van der Waals surface area contributed by atoms with Crippen LogP contribution in [0, 0.1) is 6.92 Å². The van der Waals surface area contributed by atoms with Gasteiger partial charge in [0.05, 0.1) is 16.2 Å². The van der Waals surface area contributed by atoms with Crippen molar-refractivity contribution >= 4 is 45.9 Å². The van der Waals surface area contributed by atoms with Crippen LogP contribution >= 0.6 is 23.4 Å². The molecule has 3 aromatic rings. The topological polar surface area (TPSA) is 67.2 Å². The molecule has 0 saturated heterocycles. The summed E-state index contributed by atoms with van der Waals surface area (Å²) in [7, 11) is 0. The Balaban J connectivity index is 1.84. The summed E-state index contributed by atoms with van der Waals surface area (Å²) in [6.07, 6.45) is 0.831. The second-order valence-corrected chi connectivity index (χ2v) is 9.63. The number of hydrogen-bond donors (Lipinski definition) is 1. The number of anilines is 1. The molecule has 1 atom stereocenters. The fourth-order valence-electron chi connectivity index (χ4n) is 3.62. The van der Waals surface area contributed by atoms with E-state index in [-0.39, 0.29) is 11.5 Å². The van der Waals surface area contributed by atoms with E-state index in [2.05, 4.69) is 24.1 Å². The van der Waals surface area contributed by atoms with Gasteiger partial charge in [0.15, 0.2) is 5.16 Å². The Hall–Kier alpha value is -2.35. The number of para-hydroxylation sites is 1. The standard InChI is InChI=1S/C25H31ClN4O2S/c1-5-29(6-2)15-10-16-30-24(32)19-11-7-8-13-22(19)28-25(30)33-18(4)23(31)27-21-14-9-12-20(26)17(21)3/h7-9,11-14,18H,5-6,10,15-16H2,1-4H3,(H,27,31)/t18-/m1/s1. The first-order chi connectivity index (χ1) is 15.8. The van der Waals surface area contributed by atoms with Gasteiger partial charge in [0, 0.05) is 17.3 Å². The molecular formula is C25H31ClN4O2S. The van der Waals surface area contributed by atoms with E-state index in [1.807, 2.05) is 38.1 Å². The molecule has 8 heteroatoms. The fraction of sp³-hybridized carbons (Fsp3) is 0.400. The predicted octanol–water partition coefficient (Wildman–Crippen LogP) is 5.21. The molecule has 33 heavy (non-hydrogen) atoms. The molecule has 0 bridgehead atoms. The van der Waals surface area contributed by atoms with Crippen molar-refractivity contribution in [1.82, 2.24) is 14.5 Å². The van der Waals surface area contributed by atoms with Gasteiger partial charge >= 0.3 is 0 Å². The van der Waals surface area contributed by atoms with Crippen LogP contribution in [0.25, 0.3) is 10.9 Å². The van der Waals surface area contributed by atoms with Gasteiger partial charge < -0.3 is 10.2 Å². The summed E-state index contributed by atoms with van der Waals surface area (Å²) in [5, 5.41) is 4.25. The number of nitrogens with one attached hydrogen (secondary N) is 1. The molecular weight excluding hydrogens is 456 g/mol. The van der Waals surface area contributed by atoms with Gasteiger partial charge in [0.1, 0.15) is 0 Å². The second kappa shape index (κ2) is 11.7. The Bertz CT molecular complexity index is 1180. The monoisotopic (exact) mass is 486 g/mol. The van der Waals surface area contributed by atoms with Crippen molar-refractivity contribution in [2.24, 2.45) is 0 Å². The molecule has 0 fully saturated rings. The third-order valence-electron chi connectivity index (χ3n) is 5.75. The summed E-state index contributed by atoms with van der Waals surface area (Å²) >= 11 is 7.48. The molecule has 1 heterocycles. The van der Waals surface area contributed by atoms with Gasteiger partial charge in [-0.15, -0.1) is 0 Å². The van der Waals surface area contributed by atoms with Gasteiger partial charge in [-0.1, -0.05) is 55.4 Å². The van der Waals surface area contributed by atoms with Crippen LogP contribution in [0.3, 0.4) is 0 Å². The Labute approximate surface area is 204 Å². The zero-order valence-corrected chi connectivity index (χ0v) is 21.2. The zero-order chi connectivity index (χ0) is 24.0. The number of nitrogens with zero attached hydrogens (tertiary/aromatic N) is 3. The van der Waals surface area contributed by atoms with Crippen molar-refractivity contribution < 1.29 is 4.79 Å². The molecule has 3 rings (SSSR count). The van der Waals surface area contributed by atoms with Crippen LogP contribution < -0.4 is 10.9 Å². The highest BCUT2D eigenvalue weighted by molar-refractivity contribution is 8.00. The highest BCUT2D eigenvalue weighted by atomic mass is 35.5. The van der Waals surface area contributed by atoms with E-state index in [9.17, 15) is 9.59 Å². The lowest BCUT2D eigenvalue weighted by Crippen LogP contribution is -2.29. The van der Waals surface area contributed by atoms with E-state index in [0.29, 0.717) is 33.3 Å². The summed E-state index contributed by atoms with van der Waals surface area (Å²) in [6, 6.07) is 12.8. The maximum absolute atomic E-state index is 13.3. The van der Waals surface area contributed by atoms with E-state index < -0.39 is 5.25 Å². The van der Waals surface area contributed by atoms with Gasteiger partial charge in [-0.3, -0.25) is 14.2 Å². The molecule has 0 saturated carbocycles. The molecule has 0 spiro atoms. The normalized spacial score (nSPS) is 12.3. The highest BCUT2D eigenvalue weighted by Crippen LogP contribution is 2.26. The summed E-state index contributed by atoms with van der Waals surface area (Å²) in [5.41, 5.74) is 2.08. The molecule has 1 N–H and O–H groups in total.